The van der Waals surface area contributed by atoms with Crippen molar-refractivity contribution in [2.45, 2.75) is 83.5 Å². The van der Waals surface area contributed by atoms with E-state index in [0.717, 1.165) is 23.3 Å². The Morgan fingerprint density at radius 3 is 2.40 bits per heavy atom. The van der Waals surface area contributed by atoms with Crippen LogP contribution < -0.4 is 0 Å². The van der Waals surface area contributed by atoms with E-state index in [2.05, 4.69) is 13.0 Å². The van der Waals surface area contributed by atoms with E-state index in [0.29, 0.717) is 16.5 Å². The fraction of sp³-hybridized carbons (Fsp3) is 0.571. The maximum atomic E-state index is 14.9. The van der Waals surface area contributed by atoms with E-state index in [1.54, 1.807) is 6.07 Å². The molecule has 2 aliphatic rings. The van der Waals surface area contributed by atoms with Crippen molar-refractivity contribution in [2.24, 2.45) is 17.8 Å². The van der Waals surface area contributed by atoms with Gasteiger partial charge in [0.05, 0.1) is 0 Å². The van der Waals surface area contributed by atoms with Gasteiger partial charge in [-0.25, -0.2) is 4.39 Å². The molecule has 0 N–H and O–H groups in total. The number of hydrogen-bond donors (Lipinski definition) is 0. The normalized spacial score (nSPS) is 26.4. The molecular weight excluding hydrogens is 391 g/mol. The average Bonchev–Trinajstić information content (AvgIpc) is 2.77. The molecule has 0 amide bonds. The fourth-order valence-electron chi connectivity index (χ4n) is 6.06. The Balaban J connectivity index is 1.35. The minimum absolute atomic E-state index is 0.104. The summed E-state index contributed by atoms with van der Waals surface area (Å²) in [7, 11) is 0. The Morgan fingerprint density at radius 1 is 0.867 bits per heavy atom. The second-order valence-corrected chi connectivity index (χ2v) is 10.2. The summed E-state index contributed by atoms with van der Waals surface area (Å²) in [4.78, 5) is 0. The van der Waals surface area contributed by atoms with Gasteiger partial charge in [-0.15, -0.1) is 0 Å². The standard InChI is InChI=1S/C28H36ClF/c1-2-3-4-5-6-20-7-8-23-18-24(10-9-22(23)17-20)25-13-16-27(28(30)19-25)21-11-14-26(29)15-12-21/h11-16,19-20,22-24H,2-10,17-18H2,1H3/t20?,22-,23-,24-/m1/s1. The van der Waals surface area contributed by atoms with Crippen LogP contribution in [0.2, 0.25) is 5.02 Å². The van der Waals surface area contributed by atoms with Crippen molar-refractivity contribution in [3.63, 3.8) is 0 Å². The van der Waals surface area contributed by atoms with E-state index in [9.17, 15) is 4.39 Å². The Labute approximate surface area is 187 Å². The van der Waals surface area contributed by atoms with Crippen LogP contribution in [0.25, 0.3) is 11.1 Å². The lowest BCUT2D eigenvalue weighted by Gasteiger charge is -2.42. The van der Waals surface area contributed by atoms with Crippen LogP contribution in [0.4, 0.5) is 4.39 Å². The lowest BCUT2D eigenvalue weighted by atomic mass is 9.63. The van der Waals surface area contributed by atoms with Crippen molar-refractivity contribution in [1.29, 1.82) is 0 Å². The van der Waals surface area contributed by atoms with Crippen LogP contribution in [-0.2, 0) is 0 Å². The lowest BCUT2D eigenvalue weighted by Crippen LogP contribution is -2.30. The molecule has 0 radical (unpaired) electrons. The Hall–Kier alpha value is -1.34. The number of unbranched alkanes of at least 4 members (excludes halogenated alkanes) is 3. The zero-order valence-corrected chi connectivity index (χ0v) is 19.1. The highest BCUT2D eigenvalue weighted by atomic mass is 35.5. The molecule has 2 saturated carbocycles. The van der Waals surface area contributed by atoms with Gasteiger partial charge in [0.1, 0.15) is 5.82 Å². The van der Waals surface area contributed by atoms with Crippen LogP contribution in [0.1, 0.15) is 89.0 Å². The summed E-state index contributed by atoms with van der Waals surface area (Å²) in [6, 6.07) is 13.4. The molecule has 0 aliphatic heterocycles. The average molecular weight is 427 g/mol. The third-order valence-electron chi connectivity index (χ3n) is 7.81. The molecule has 2 aromatic rings. The molecule has 0 saturated heterocycles. The molecule has 4 rings (SSSR count). The van der Waals surface area contributed by atoms with Crippen molar-refractivity contribution >= 4 is 11.6 Å². The maximum absolute atomic E-state index is 14.9. The van der Waals surface area contributed by atoms with Crippen LogP contribution in [0, 0.1) is 23.6 Å². The largest absolute Gasteiger partial charge is 0.206 e. The van der Waals surface area contributed by atoms with Gasteiger partial charge in [-0.2, -0.15) is 0 Å². The highest BCUT2D eigenvalue weighted by Gasteiger charge is 2.35. The zero-order valence-electron chi connectivity index (χ0n) is 18.4. The van der Waals surface area contributed by atoms with Gasteiger partial charge in [-0.3, -0.25) is 0 Å². The summed E-state index contributed by atoms with van der Waals surface area (Å²) < 4.78 is 14.9. The highest BCUT2D eigenvalue weighted by molar-refractivity contribution is 6.30. The van der Waals surface area contributed by atoms with E-state index < -0.39 is 0 Å². The van der Waals surface area contributed by atoms with E-state index in [1.165, 1.54) is 76.2 Å². The number of hydrogen-bond acceptors (Lipinski definition) is 0. The summed E-state index contributed by atoms with van der Waals surface area (Å²) in [5, 5.41) is 0.684. The van der Waals surface area contributed by atoms with E-state index in [-0.39, 0.29) is 5.82 Å². The number of fused-ring (bicyclic) bond motifs is 1. The number of benzene rings is 2. The van der Waals surface area contributed by atoms with E-state index >= 15 is 0 Å². The summed E-state index contributed by atoms with van der Waals surface area (Å²) in [5.41, 5.74) is 2.77. The van der Waals surface area contributed by atoms with Crippen LogP contribution in [0.5, 0.6) is 0 Å². The molecule has 4 atom stereocenters. The van der Waals surface area contributed by atoms with Gasteiger partial charge in [-0.1, -0.05) is 81.3 Å². The first kappa shape index (κ1) is 21.9. The predicted molar refractivity (Wildman–Crippen MR) is 127 cm³/mol. The third kappa shape index (κ3) is 5.28. The molecule has 1 unspecified atom stereocenters. The van der Waals surface area contributed by atoms with Gasteiger partial charge < -0.3 is 0 Å². The third-order valence-corrected chi connectivity index (χ3v) is 8.06. The van der Waals surface area contributed by atoms with Gasteiger partial charge in [0.2, 0.25) is 0 Å². The summed E-state index contributed by atoms with van der Waals surface area (Å²) in [5.74, 6) is 3.17. The predicted octanol–water partition coefficient (Wildman–Crippen LogP) is 9.42. The van der Waals surface area contributed by atoms with Gasteiger partial charge in [-0.05, 0) is 85.1 Å². The van der Waals surface area contributed by atoms with Crippen LogP contribution in [-0.4, -0.2) is 0 Å². The molecule has 2 aliphatic carbocycles. The number of rotatable bonds is 7. The second-order valence-electron chi connectivity index (χ2n) is 9.80. The first-order valence-electron chi connectivity index (χ1n) is 12.2. The van der Waals surface area contributed by atoms with Crippen molar-refractivity contribution < 1.29 is 4.39 Å². The van der Waals surface area contributed by atoms with Crippen molar-refractivity contribution in [1.82, 2.24) is 0 Å². The molecule has 0 spiro atoms. The molecule has 0 heterocycles. The quantitative estimate of drug-likeness (QED) is 0.386. The molecule has 0 nitrogen and oxygen atoms in total. The Bertz CT molecular complexity index is 812. The fourth-order valence-corrected chi connectivity index (χ4v) is 6.19. The number of halogens is 2. The van der Waals surface area contributed by atoms with Crippen molar-refractivity contribution in [2.75, 3.05) is 0 Å². The van der Waals surface area contributed by atoms with Crippen molar-refractivity contribution in [3.8, 4) is 11.1 Å². The van der Waals surface area contributed by atoms with E-state index in [4.69, 9.17) is 11.6 Å². The van der Waals surface area contributed by atoms with E-state index in [1.807, 2.05) is 30.3 Å². The van der Waals surface area contributed by atoms with Crippen LogP contribution in [0.3, 0.4) is 0 Å². The first-order chi connectivity index (χ1) is 14.6. The summed E-state index contributed by atoms with van der Waals surface area (Å²) in [6.45, 7) is 2.29. The zero-order chi connectivity index (χ0) is 20.9. The van der Waals surface area contributed by atoms with Crippen LogP contribution in [0.15, 0.2) is 42.5 Å². The topological polar surface area (TPSA) is 0 Å². The second kappa shape index (κ2) is 10.3. The minimum atomic E-state index is -0.104. The smallest absolute Gasteiger partial charge is 0.131 e. The molecule has 2 aromatic carbocycles. The van der Waals surface area contributed by atoms with Gasteiger partial charge in [0, 0.05) is 10.6 Å². The van der Waals surface area contributed by atoms with Crippen LogP contribution >= 0.6 is 11.6 Å². The summed E-state index contributed by atoms with van der Waals surface area (Å²) in [6.07, 6.45) is 15.1. The SMILES string of the molecule is CCCCCCC1CC[C@@H]2C[C@H](c3ccc(-c4ccc(Cl)cc4)c(F)c3)CC[C@@H]2C1. The van der Waals surface area contributed by atoms with Gasteiger partial charge in [0.25, 0.3) is 0 Å². The molecule has 0 aromatic heterocycles. The Morgan fingerprint density at radius 2 is 1.63 bits per heavy atom. The monoisotopic (exact) mass is 426 g/mol. The van der Waals surface area contributed by atoms with Gasteiger partial charge >= 0.3 is 0 Å². The van der Waals surface area contributed by atoms with Gasteiger partial charge in [0.15, 0.2) is 0 Å². The summed E-state index contributed by atoms with van der Waals surface area (Å²) >= 11 is 5.97. The highest BCUT2D eigenvalue weighted by Crippen LogP contribution is 2.48. The minimum Gasteiger partial charge on any atom is -0.206 e. The molecule has 0 bridgehead atoms. The maximum Gasteiger partial charge on any atom is 0.131 e. The molecule has 2 fully saturated rings. The first-order valence-corrected chi connectivity index (χ1v) is 12.6. The lowest BCUT2D eigenvalue weighted by molar-refractivity contribution is 0.113. The molecule has 162 valence electrons. The molecule has 2 heteroatoms. The van der Waals surface area contributed by atoms with Crippen molar-refractivity contribution in [3.05, 3.63) is 58.9 Å². The molecular formula is C28H36ClF. The molecule has 30 heavy (non-hydrogen) atoms. The Kier molecular flexibility index (Phi) is 7.52.